The lowest BCUT2D eigenvalue weighted by Gasteiger charge is -2.18. The van der Waals surface area contributed by atoms with Gasteiger partial charge < -0.3 is 4.74 Å². The van der Waals surface area contributed by atoms with Gasteiger partial charge in [0.1, 0.15) is 5.92 Å². The molecular weight excluding hydrogens is 242 g/mol. The molecule has 1 heterocycles. The van der Waals surface area contributed by atoms with Gasteiger partial charge in [-0.15, -0.1) is 5.10 Å². The molecule has 0 amide bonds. The number of aromatic nitrogens is 3. The van der Waals surface area contributed by atoms with Crippen molar-refractivity contribution in [3.05, 3.63) is 42.2 Å². The monoisotopic (exact) mass is 259 g/mol. The minimum atomic E-state index is -0.375. The highest BCUT2D eigenvalue weighted by atomic mass is 16.5. The number of esters is 1. The van der Waals surface area contributed by atoms with E-state index in [9.17, 15) is 4.79 Å². The first-order valence-electron chi connectivity index (χ1n) is 6.19. The minimum absolute atomic E-state index is 0.105. The fourth-order valence-electron chi connectivity index (χ4n) is 2.09. The SMILES string of the molecule is COC(=O)C(c1cnnn1-c1ccccc1)C(C)C. The molecule has 2 aromatic rings. The molecule has 0 spiro atoms. The zero-order valence-corrected chi connectivity index (χ0v) is 11.3. The summed E-state index contributed by atoms with van der Waals surface area (Å²) in [6.45, 7) is 3.95. The second kappa shape index (κ2) is 5.65. The molecule has 0 aliphatic rings. The van der Waals surface area contributed by atoms with E-state index in [1.54, 1.807) is 10.9 Å². The lowest BCUT2D eigenvalue weighted by Crippen LogP contribution is -2.22. The number of carbonyl (C=O) groups excluding carboxylic acids is 1. The highest BCUT2D eigenvalue weighted by Gasteiger charge is 2.29. The van der Waals surface area contributed by atoms with Crippen LogP contribution < -0.4 is 0 Å². The van der Waals surface area contributed by atoms with Gasteiger partial charge in [-0.25, -0.2) is 4.68 Å². The van der Waals surface area contributed by atoms with Crippen molar-refractivity contribution in [2.45, 2.75) is 19.8 Å². The molecule has 0 radical (unpaired) electrons. The summed E-state index contributed by atoms with van der Waals surface area (Å²) in [4.78, 5) is 11.9. The van der Waals surface area contributed by atoms with Crippen molar-refractivity contribution in [2.75, 3.05) is 7.11 Å². The Labute approximate surface area is 112 Å². The zero-order valence-electron chi connectivity index (χ0n) is 11.3. The Hall–Kier alpha value is -2.17. The Bertz CT molecular complexity index is 549. The van der Waals surface area contributed by atoms with Crippen molar-refractivity contribution in [1.82, 2.24) is 15.0 Å². The van der Waals surface area contributed by atoms with E-state index < -0.39 is 0 Å². The normalized spacial score (nSPS) is 12.4. The standard InChI is InChI=1S/C14H17N3O2/c1-10(2)13(14(18)19-3)12-9-15-16-17(12)11-7-5-4-6-8-11/h4-10,13H,1-3H3. The highest BCUT2D eigenvalue weighted by Crippen LogP contribution is 2.26. The van der Waals surface area contributed by atoms with Crippen LogP contribution in [-0.2, 0) is 9.53 Å². The van der Waals surface area contributed by atoms with Crippen molar-refractivity contribution in [2.24, 2.45) is 5.92 Å². The largest absolute Gasteiger partial charge is 0.468 e. The Balaban J connectivity index is 2.46. The van der Waals surface area contributed by atoms with Gasteiger partial charge in [-0.05, 0) is 18.1 Å². The van der Waals surface area contributed by atoms with Gasteiger partial charge in [0.25, 0.3) is 0 Å². The molecular formula is C14H17N3O2. The van der Waals surface area contributed by atoms with Gasteiger partial charge in [-0.1, -0.05) is 37.3 Å². The van der Waals surface area contributed by atoms with Crippen LogP contribution in [0.2, 0.25) is 0 Å². The van der Waals surface area contributed by atoms with Crippen molar-refractivity contribution in [3.63, 3.8) is 0 Å². The minimum Gasteiger partial charge on any atom is -0.468 e. The van der Waals surface area contributed by atoms with Crippen LogP contribution in [0.25, 0.3) is 5.69 Å². The number of nitrogens with zero attached hydrogens (tertiary/aromatic N) is 3. The Morgan fingerprint density at radius 3 is 2.53 bits per heavy atom. The van der Waals surface area contributed by atoms with Crippen LogP contribution in [0.5, 0.6) is 0 Å². The number of ether oxygens (including phenoxy) is 1. The Morgan fingerprint density at radius 1 is 1.26 bits per heavy atom. The maximum absolute atomic E-state index is 11.9. The van der Waals surface area contributed by atoms with E-state index in [2.05, 4.69) is 10.3 Å². The average Bonchev–Trinajstić information content (AvgIpc) is 2.88. The third-order valence-corrected chi connectivity index (χ3v) is 3.02. The fraction of sp³-hybridized carbons (Fsp3) is 0.357. The predicted molar refractivity (Wildman–Crippen MR) is 71.0 cm³/mol. The van der Waals surface area contributed by atoms with Gasteiger partial charge in [0, 0.05) is 0 Å². The summed E-state index contributed by atoms with van der Waals surface area (Å²) in [6, 6.07) is 9.62. The Kier molecular flexibility index (Phi) is 3.94. The second-order valence-electron chi connectivity index (χ2n) is 4.65. The Morgan fingerprint density at radius 2 is 1.95 bits per heavy atom. The maximum Gasteiger partial charge on any atom is 0.315 e. The molecule has 0 bridgehead atoms. The number of rotatable bonds is 4. The molecule has 0 saturated carbocycles. The molecule has 5 nitrogen and oxygen atoms in total. The second-order valence-corrected chi connectivity index (χ2v) is 4.65. The molecule has 0 aliphatic carbocycles. The summed E-state index contributed by atoms with van der Waals surface area (Å²) < 4.78 is 6.56. The number of hydrogen-bond acceptors (Lipinski definition) is 4. The van der Waals surface area contributed by atoms with Crippen molar-refractivity contribution in [1.29, 1.82) is 0 Å². The molecule has 1 unspecified atom stereocenters. The molecule has 0 N–H and O–H groups in total. The van der Waals surface area contributed by atoms with Gasteiger partial charge in [-0.2, -0.15) is 0 Å². The van der Waals surface area contributed by atoms with Crippen LogP contribution in [0, 0.1) is 5.92 Å². The average molecular weight is 259 g/mol. The molecule has 19 heavy (non-hydrogen) atoms. The van der Waals surface area contributed by atoms with Crippen molar-refractivity contribution >= 4 is 5.97 Å². The van der Waals surface area contributed by atoms with Crippen LogP contribution in [0.1, 0.15) is 25.5 Å². The van der Waals surface area contributed by atoms with E-state index in [1.165, 1.54) is 7.11 Å². The number of hydrogen-bond donors (Lipinski definition) is 0. The van der Waals surface area contributed by atoms with Crippen LogP contribution in [-0.4, -0.2) is 28.1 Å². The molecule has 1 atom stereocenters. The quantitative estimate of drug-likeness (QED) is 0.790. The first-order valence-corrected chi connectivity index (χ1v) is 6.19. The van der Waals surface area contributed by atoms with Gasteiger partial charge >= 0.3 is 5.97 Å². The molecule has 100 valence electrons. The van der Waals surface area contributed by atoms with Gasteiger partial charge in [0.05, 0.1) is 24.7 Å². The van der Waals surface area contributed by atoms with Crippen LogP contribution >= 0.6 is 0 Å². The lowest BCUT2D eigenvalue weighted by atomic mass is 9.93. The summed E-state index contributed by atoms with van der Waals surface area (Å²) in [5.41, 5.74) is 1.62. The van der Waals surface area contributed by atoms with Crippen molar-refractivity contribution < 1.29 is 9.53 Å². The number of methoxy groups -OCH3 is 1. The zero-order chi connectivity index (χ0) is 13.8. The fourth-order valence-corrected chi connectivity index (χ4v) is 2.09. The smallest absolute Gasteiger partial charge is 0.315 e. The number of para-hydroxylation sites is 1. The maximum atomic E-state index is 11.9. The van der Waals surface area contributed by atoms with Crippen molar-refractivity contribution in [3.8, 4) is 5.69 Å². The van der Waals surface area contributed by atoms with E-state index in [4.69, 9.17) is 4.74 Å². The predicted octanol–water partition coefficient (Wildman–Crippen LogP) is 2.18. The van der Waals surface area contributed by atoms with E-state index in [0.717, 1.165) is 11.4 Å². The number of benzene rings is 1. The van der Waals surface area contributed by atoms with E-state index in [1.807, 2.05) is 44.2 Å². The third-order valence-electron chi connectivity index (χ3n) is 3.02. The van der Waals surface area contributed by atoms with Gasteiger partial charge in [0.15, 0.2) is 0 Å². The lowest BCUT2D eigenvalue weighted by molar-refractivity contribution is -0.143. The molecule has 2 rings (SSSR count). The molecule has 0 fully saturated rings. The summed E-state index contributed by atoms with van der Waals surface area (Å²) in [5.74, 6) is -0.539. The molecule has 0 saturated heterocycles. The first kappa shape index (κ1) is 13.3. The molecule has 5 heteroatoms. The first-order chi connectivity index (χ1) is 9.15. The van der Waals surface area contributed by atoms with Crippen LogP contribution in [0.3, 0.4) is 0 Å². The van der Waals surface area contributed by atoms with Crippen LogP contribution in [0.15, 0.2) is 36.5 Å². The van der Waals surface area contributed by atoms with Crippen LogP contribution in [0.4, 0.5) is 0 Å². The molecule has 1 aromatic carbocycles. The number of carbonyl (C=O) groups is 1. The molecule has 1 aromatic heterocycles. The van der Waals surface area contributed by atoms with E-state index >= 15 is 0 Å². The highest BCUT2D eigenvalue weighted by molar-refractivity contribution is 5.77. The third kappa shape index (κ3) is 2.65. The summed E-state index contributed by atoms with van der Waals surface area (Å²) in [7, 11) is 1.40. The van der Waals surface area contributed by atoms with Gasteiger partial charge in [-0.3, -0.25) is 4.79 Å². The summed E-state index contributed by atoms with van der Waals surface area (Å²) in [6.07, 6.45) is 1.62. The summed E-state index contributed by atoms with van der Waals surface area (Å²) in [5, 5.41) is 7.99. The van der Waals surface area contributed by atoms with E-state index in [-0.39, 0.29) is 17.8 Å². The van der Waals surface area contributed by atoms with E-state index in [0.29, 0.717) is 0 Å². The molecule has 0 aliphatic heterocycles. The topological polar surface area (TPSA) is 57.0 Å². The van der Waals surface area contributed by atoms with Gasteiger partial charge in [0.2, 0.25) is 0 Å². The summed E-state index contributed by atoms with van der Waals surface area (Å²) >= 11 is 0.